The maximum atomic E-state index is 13.2. The molecule has 7 heteroatoms. The molecule has 3 aromatic rings. The van der Waals surface area contributed by atoms with Gasteiger partial charge in [0, 0.05) is 4.70 Å². The Hall–Kier alpha value is -3.19. The van der Waals surface area contributed by atoms with Crippen molar-refractivity contribution in [3.8, 4) is 0 Å². The zero-order chi connectivity index (χ0) is 20.8. The highest BCUT2D eigenvalue weighted by atomic mass is 32.1. The Morgan fingerprint density at radius 2 is 1.79 bits per heavy atom. The number of nitrogens with one attached hydrogen (secondary N) is 1. The van der Waals surface area contributed by atoms with Crippen LogP contribution in [0.2, 0.25) is 0 Å². The van der Waals surface area contributed by atoms with Crippen LogP contribution in [0.3, 0.4) is 0 Å². The van der Waals surface area contributed by atoms with E-state index < -0.39 is 23.5 Å². The molecular formula is C22H20N2O4S. The van der Waals surface area contributed by atoms with Gasteiger partial charge in [0.2, 0.25) is 5.91 Å². The third-order valence-corrected chi connectivity index (χ3v) is 6.08. The van der Waals surface area contributed by atoms with Crippen molar-refractivity contribution >= 4 is 50.6 Å². The molecular weight excluding hydrogens is 388 g/mol. The summed E-state index contributed by atoms with van der Waals surface area (Å²) in [7, 11) is 0. The molecule has 6 nitrogen and oxygen atoms in total. The molecule has 1 aliphatic rings. The number of para-hydroxylation sites is 2. The highest BCUT2D eigenvalue weighted by molar-refractivity contribution is 7.20. The Labute approximate surface area is 172 Å². The second-order valence-electron chi connectivity index (χ2n) is 7.40. The maximum Gasteiger partial charge on any atom is 0.349 e. The number of anilines is 2. The third-order valence-electron chi connectivity index (χ3n) is 4.99. The van der Waals surface area contributed by atoms with Gasteiger partial charge in [-0.15, -0.1) is 11.3 Å². The highest BCUT2D eigenvalue weighted by Gasteiger charge is 2.45. The topological polar surface area (TPSA) is 75.7 Å². The number of thiophene rings is 1. The van der Waals surface area contributed by atoms with Crippen molar-refractivity contribution in [2.45, 2.75) is 32.4 Å². The van der Waals surface area contributed by atoms with Crippen molar-refractivity contribution in [2.24, 2.45) is 0 Å². The van der Waals surface area contributed by atoms with Gasteiger partial charge in [-0.1, -0.05) is 30.3 Å². The number of carbonyl (C=O) groups is 3. The minimum absolute atomic E-state index is 0.299. The molecule has 2 heterocycles. The molecule has 0 spiro atoms. The molecule has 1 aliphatic heterocycles. The van der Waals surface area contributed by atoms with Crippen LogP contribution in [0.25, 0.3) is 10.1 Å². The molecule has 0 fully saturated rings. The van der Waals surface area contributed by atoms with Crippen molar-refractivity contribution in [1.29, 1.82) is 0 Å². The van der Waals surface area contributed by atoms with Crippen LogP contribution in [0.15, 0.2) is 54.6 Å². The van der Waals surface area contributed by atoms with Crippen molar-refractivity contribution in [3.05, 3.63) is 59.5 Å². The second kappa shape index (κ2) is 7.00. The minimum Gasteiger partial charge on any atom is -0.448 e. The number of nitrogens with zero attached hydrogens (tertiary/aromatic N) is 1. The normalized spacial score (nSPS) is 16.1. The molecule has 0 saturated heterocycles. The average molecular weight is 408 g/mol. The fourth-order valence-corrected chi connectivity index (χ4v) is 4.33. The first-order chi connectivity index (χ1) is 13.8. The van der Waals surface area contributed by atoms with Gasteiger partial charge in [-0.25, -0.2) is 4.79 Å². The van der Waals surface area contributed by atoms with Gasteiger partial charge in [0.1, 0.15) is 10.4 Å². The molecule has 148 valence electrons. The molecule has 0 aliphatic carbocycles. The summed E-state index contributed by atoms with van der Waals surface area (Å²) in [6.45, 7) is 4.85. The van der Waals surface area contributed by atoms with E-state index in [1.54, 1.807) is 44.2 Å². The van der Waals surface area contributed by atoms with Crippen LogP contribution in [0.1, 0.15) is 30.4 Å². The van der Waals surface area contributed by atoms with Crippen LogP contribution in [0, 0.1) is 0 Å². The van der Waals surface area contributed by atoms with E-state index in [9.17, 15) is 14.4 Å². The van der Waals surface area contributed by atoms with E-state index in [-0.39, 0.29) is 5.91 Å². The SMILES string of the molecule is C[C@@H](OC(=O)c1cc2ccccc2s1)C(=O)N1c2ccccc2NC(=O)C1(C)C. The lowest BCUT2D eigenvalue weighted by atomic mass is 9.95. The summed E-state index contributed by atoms with van der Waals surface area (Å²) < 4.78 is 6.45. The standard InChI is InChI=1S/C22H20N2O4S/c1-13(28-20(26)18-12-14-8-4-7-11-17(14)29-18)19(25)24-16-10-6-5-9-15(16)23-21(27)22(24,2)3/h4-13H,1-3H3,(H,23,27)/t13-/m1/s1. The van der Waals surface area contributed by atoms with Gasteiger partial charge >= 0.3 is 5.97 Å². The molecule has 2 aromatic carbocycles. The Morgan fingerprint density at radius 1 is 1.10 bits per heavy atom. The van der Waals surface area contributed by atoms with Gasteiger partial charge in [0.25, 0.3) is 5.91 Å². The molecule has 1 aromatic heterocycles. The first-order valence-electron chi connectivity index (χ1n) is 9.23. The zero-order valence-electron chi connectivity index (χ0n) is 16.3. The Bertz CT molecular complexity index is 1100. The molecule has 4 rings (SSSR count). The van der Waals surface area contributed by atoms with Crippen molar-refractivity contribution in [3.63, 3.8) is 0 Å². The zero-order valence-corrected chi connectivity index (χ0v) is 17.1. The Kier molecular flexibility index (Phi) is 4.62. The number of ether oxygens (including phenoxy) is 1. The van der Waals surface area contributed by atoms with Crippen molar-refractivity contribution < 1.29 is 19.1 Å². The molecule has 0 saturated carbocycles. The summed E-state index contributed by atoms with van der Waals surface area (Å²) in [6, 6.07) is 16.5. The van der Waals surface area contributed by atoms with Crippen molar-refractivity contribution in [2.75, 3.05) is 10.2 Å². The lowest BCUT2D eigenvalue weighted by molar-refractivity contribution is -0.131. The van der Waals surface area contributed by atoms with Crippen LogP contribution >= 0.6 is 11.3 Å². The van der Waals surface area contributed by atoms with Crippen LogP contribution in [0.4, 0.5) is 11.4 Å². The Morgan fingerprint density at radius 3 is 2.55 bits per heavy atom. The number of amides is 2. The molecule has 1 N–H and O–H groups in total. The number of carbonyl (C=O) groups excluding carboxylic acids is 3. The smallest absolute Gasteiger partial charge is 0.349 e. The minimum atomic E-state index is -1.12. The summed E-state index contributed by atoms with van der Waals surface area (Å²) >= 11 is 1.32. The summed E-state index contributed by atoms with van der Waals surface area (Å²) in [6.07, 6.45) is -1.05. The maximum absolute atomic E-state index is 13.2. The van der Waals surface area contributed by atoms with Crippen LogP contribution < -0.4 is 10.2 Å². The molecule has 29 heavy (non-hydrogen) atoms. The van der Waals surface area contributed by atoms with Gasteiger partial charge in [-0.3, -0.25) is 14.5 Å². The second-order valence-corrected chi connectivity index (χ2v) is 8.48. The summed E-state index contributed by atoms with van der Waals surface area (Å²) in [4.78, 5) is 40.2. The van der Waals surface area contributed by atoms with Crippen molar-refractivity contribution in [1.82, 2.24) is 0 Å². The number of fused-ring (bicyclic) bond motifs is 2. The molecule has 1 atom stereocenters. The van der Waals surface area contributed by atoms with E-state index in [0.29, 0.717) is 16.3 Å². The largest absolute Gasteiger partial charge is 0.448 e. The van der Waals surface area contributed by atoms with E-state index >= 15 is 0 Å². The van der Waals surface area contributed by atoms with Crippen LogP contribution in [-0.4, -0.2) is 29.4 Å². The average Bonchev–Trinajstić information content (AvgIpc) is 3.13. The lowest BCUT2D eigenvalue weighted by Gasteiger charge is -2.42. The monoisotopic (exact) mass is 408 g/mol. The van der Waals surface area contributed by atoms with Gasteiger partial charge in [-0.05, 0) is 50.4 Å². The predicted octanol–water partition coefficient (Wildman–Crippen LogP) is 4.21. The van der Waals surface area contributed by atoms with Gasteiger partial charge in [0.05, 0.1) is 11.4 Å². The molecule has 0 radical (unpaired) electrons. The molecule has 0 bridgehead atoms. The molecule has 2 amide bonds. The summed E-state index contributed by atoms with van der Waals surface area (Å²) in [5.41, 5.74) is 0.00375. The number of hydrogen-bond donors (Lipinski definition) is 1. The van der Waals surface area contributed by atoms with E-state index in [1.807, 2.05) is 24.3 Å². The summed E-state index contributed by atoms with van der Waals surface area (Å²) in [5.74, 6) is -1.31. The van der Waals surface area contributed by atoms with Gasteiger partial charge < -0.3 is 10.1 Å². The van der Waals surface area contributed by atoms with Gasteiger partial charge in [-0.2, -0.15) is 0 Å². The van der Waals surface area contributed by atoms with E-state index in [2.05, 4.69) is 5.32 Å². The number of esters is 1. The lowest BCUT2D eigenvalue weighted by Crippen LogP contribution is -2.60. The van der Waals surface area contributed by atoms with Gasteiger partial charge in [0.15, 0.2) is 6.10 Å². The number of benzene rings is 2. The highest BCUT2D eigenvalue weighted by Crippen LogP contribution is 2.37. The summed E-state index contributed by atoms with van der Waals surface area (Å²) in [5, 5.41) is 3.77. The van der Waals surface area contributed by atoms with Crippen LogP contribution in [-0.2, 0) is 14.3 Å². The molecule has 0 unspecified atom stereocenters. The fraction of sp³-hybridized carbons (Fsp3) is 0.227. The Balaban J connectivity index is 1.60. The predicted molar refractivity (Wildman–Crippen MR) is 113 cm³/mol. The third kappa shape index (κ3) is 3.27. The first-order valence-corrected chi connectivity index (χ1v) is 10.0. The van der Waals surface area contributed by atoms with E-state index in [4.69, 9.17) is 4.74 Å². The van der Waals surface area contributed by atoms with E-state index in [1.165, 1.54) is 23.2 Å². The van der Waals surface area contributed by atoms with Crippen LogP contribution in [0.5, 0.6) is 0 Å². The first kappa shape index (κ1) is 19.1. The van der Waals surface area contributed by atoms with E-state index in [0.717, 1.165) is 10.1 Å². The quantitative estimate of drug-likeness (QED) is 0.659. The number of rotatable bonds is 3. The number of hydrogen-bond acceptors (Lipinski definition) is 5. The fourth-order valence-electron chi connectivity index (χ4n) is 3.38.